The van der Waals surface area contributed by atoms with Crippen molar-refractivity contribution in [3.8, 4) is 17.3 Å². The van der Waals surface area contributed by atoms with Gasteiger partial charge in [-0.2, -0.15) is 5.26 Å². The van der Waals surface area contributed by atoms with Crippen molar-refractivity contribution >= 4 is 23.2 Å². The second kappa shape index (κ2) is 12.7. The predicted molar refractivity (Wildman–Crippen MR) is 143 cm³/mol. The van der Waals surface area contributed by atoms with Crippen LogP contribution in [0.25, 0.3) is 11.3 Å². The van der Waals surface area contributed by atoms with Gasteiger partial charge in [-0.15, -0.1) is 0 Å². The van der Waals surface area contributed by atoms with Gasteiger partial charge in [-0.05, 0) is 63.6 Å². The number of halogens is 1. The Hall–Kier alpha value is -2.44. The zero-order chi connectivity index (χ0) is 25.4. The smallest absolute Gasteiger partial charge is 0.126 e. The molecule has 3 N–H and O–H groups in total. The van der Waals surface area contributed by atoms with Gasteiger partial charge in [0.2, 0.25) is 0 Å². The molecule has 2 fully saturated rings. The third-order valence-electron chi connectivity index (χ3n) is 7.19. The molecule has 2 aliphatic rings. The van der Waals surface area contributed by atoms with E-state index >= 15 is 0 Å². The SMILES string of the molecule is COCC(C)NC1CCC(Nc2cc(-c3cccc(NCC4(C#N)CCOCC4)n3)c(Cl)cn2)CC1. The zero-order valence-corrected chi connectivity index (χ0v) is 22.0. The molecule has 1 unspecified atom stereocenters. The first-order valence-electron chi connectivity index (χ1n) is 12.9. The van der Waals surface area contributed by atoms with Crippen molar-refractivity contribution in [1.29, 1.82) is 5.26 Å². The summed E-state index contributed by atoms with van der Waals surface area (Å²) in [6, 6.07) is 11.6. The first-order chi connectivity index (χ1) is 17.5. The van der Waals surface area contributed by atoms with E-state index in [1.165, 1.54) is 0 Å². The van der Waals surface area contributed by atoms with Crippen LogP contribution in [0.5, 0.6) is 0 Å². The van der Waals surface area contributed by atoms with Gasteiger partial charge >= 0.3 is 0 Å². The second-order valence-corrected chi connectivity index (χ2v) is 10.4. The van der Waals surface area contributed by atoms with Gasteiger partial charge in [-0.1, -0.05) is 17.7 Å². The largest absolute Gasteiger partial charge is 0.383 e. The average molecular weight is 513 g/mol. The number of nitrogens with one attached hydrogen (secondary N) is 3. The number of anilines is 2. The summed E-state index contributed by atoms with van der Waals surface area (Å²) in [6.07, 6.45) is 7.56. The van der Waals surface area contributed by atoms with Crippen LogP contribution in [0.3, 0.4) is 0 Å². The number of rotatable bonds is 10. The first-order valence-corrected chi connectivity index (χ1v) is 13.3. The van der Waals surface area contributed by atoms with Crippen molar-refractivity contribution < 1.29 is 9.47 Å². The van der Waals surface area contributed by atoms with Gasteiger partial charge < -0.3 is 25.4 Å². The standard InChI is InChI=1S/C27H37ClN6O2/c1-19(16-35-2)32-20-6-8-21(9-7-20)33-26-14-22(23(28)15-30-26)24-4-3-5-25(34-24)31-18-27(17-29)10-12-36-13-11-27/h3-5,14-15,19-21,32H,6-13,16,18H2,1-2H3,(H,30,33)(H,31,34). The molecule has 9 heteroatoms. The van der Waals surface area contributed by atoms with Gasteiger partial charge in [0.15, 0.2) is 0 Å². The number of hydrogen-bond acceptors (Lipinski definition) is 8. The van der Waals surface area contributed by atoms with Gasteiger partial charge in [0, 0.05) is 56.8 Å². The topological polar surface area (TPSA) is 104 Å². The molecular formula is C27H37ClN6O2. The Morgan fingerprint density at radius 1 is 1.19 bits per heavy atom. The van der Waals surface area contributed by atoms with Crippen LogP contribution in [-0.4, -0.2) is 61.6 Å². The average Bonchev–Trinajstić information content (AvgIpc) is 2.90. The molecule has 1 aliphatic carbocycles. The lowest BCUT2D eigenvalue weighted by atomic mass is 9.82. The van der Waals surface area contributed by atoms with Crippen molar-refractivity contribution in [2.45, 2.75) is 63.6 Å². The third kappa shape index (κ3) is 7.07. The molecule has 3 heterocycles. The Bertz CT molecular complexity index is 1030. The molecule has 0 bridgehead atoms. The quantitative estimate of drug-likeness (QED) is 0.414. The summed E-state index contributed by atoms with van der Waals surface area (Å²) in [5, 5.41) is 20.9. The minimum absolute atomic E-state index is 0.366. The molecule has 1 saturated carbocycles. The van der Waals surface area contributed by atoms with Crippen LogP contribution in [0.2, 0.25) is 5.02 Å². The third-order valence-corrected chi connectivity index (χ3v) is 7.49. The van der Waals surface area contributed by atoms with E-state index in [2.05, 4.69) is 33.9 Å². The van der Waals surface area contributed by atoms with Crippen molar-refractivity contribution in [1.82, 2.24) is 15.3 Å². The van der Waals surface area contributed by atoms with Gasteiger partial charge in [-0.3, -0.25) is 0 Å². The molecule has 1 aliphatic heterocycles. The van der Waals surface area contributed by atoms with Crippen LogP contribution in [0.4, 0.5) is 11.6 Å². The highest BCUT2D eigenvalue weighted by Gasteiger charge is 2.32. The molecule has 2 aromatic heterocycles. The van der Waals surface area contributed by atoms with Crippen LogP contribution in [-0.2, 0) is 9.47 Å². The van der Waals surface area contributed by atoms with Gasteiger partial charge in [0.05, 0.1) is 28.8 Å². The molecular weight excluding hydrogens is 476 g/mol. The number of nitrogens with zero attached hydrogens (tertiary/aromatic N) is 3. The molecule has 8 nitrogen and oxygen atoms in total. The van der Waals surface area contributed by atoms with Gasteiger partial charge in [-0.25, -0.2) is 9.97 Å². The second-order valence-electron chi connectivity index (χ2n) is 10.0. The number of hydrogen-bond donors (Lipinski definition) is 3. The van der Waals surface area contributed by atoms with Crippen LogP contribution in [0.1, 0.15) is 45.4 Å². The van der Waals surface area contributed by atoms with Crippen molar-refractivity contribution in [2.75, 3.05) is 44.1 Å². The molecule has 2 aromatic rings. The highest BCUT2D eigenvalue weighted by molar-refractivity contribution is 6.33. The summed E-state index contributed by atoms with van der Waals surface area (Å²) in [5.74, 6) is 1.54. The minimum atomic E-state index is -0.419. The fraction of sp³-hybridized carbons (Fsp3) is 0.593. The van der Waals surface area contributed by atoms with Crippen molar-refractivity contribution in [3.63, 3.8) is 0 Å². The Labute approximate surface area is 219 Å². The molecule has 36 heavy (non-hydrogen) atoms. The highest BCUT2D eigenvalue weighted by Crippen LogP contribution is 2.32. The van der Waals surface area contributed by atoms with Crippen LogP contribution < -0.4 is 16.0 Å². The molecule has 4 rings (SSSR count). The van der Waals surface area contributed by atoms with E-state index in [9.17, 15) is 5.26 Å². The Morgan fingerprint density at radius 3 is 2.67 bits per heavy atom. The van der Waals surface area contributed by atoms with Crippen LogP contribution >= 0.6 is 11.6 Å². The fourth-order valence-corrected chi connectivity index (χ4v) is 5.26. The van der Waals surface area contributed by atoms with E-state index in [-0.39, 0.29) is 0 Å². The molecule has 194 valence electrons. The lowest BCUT2D eigenvalue weighted by Crippen LogP contribution is -2.42. The zero-order valence-electron chi connectivity index (χ0n) is 21.2. The molecule has 1 saturated heterocycles. The Balaban J connectivity index is 1.37. The molecule has 0 spiro atoms. The van der Waals surface area contributed by atoms with E-state index in [4.69, 9.17) is 26.1 Å². The predicted octanol–water partition coefficient (Wildman–Crippen LogP) is 4.88. The maximum absolute atomic E-state index is 9.72. The maximum atomic E-state index is 9.72. The summed E-state index contributed by atoms with van der Waals surface area (Å²) in [7, 11) is 1.74. The van der Waals surface area contributed by atoms with E-state index in [0.29, 0.717) is 42.9 Å². The Kier molecular flexibility index (Phi) is 9.38. The van der Waals surface area contributed by atoms with E-state index in [0.717, 1.165) is 68.0 Å². The normalized spacial score (nSPS) is 22.4. The lowest BCUT2D eigenvalue weighted by molar-refractivity contribution is 0.0455. The van der Waals surface area contributed by atoms with Gasteiger partial charge in [0.25, 0.3) is 0 Å². The van der Waals surface area contributed by atoms with Crippen molar-refractivity contribution in [2.24, 2.45) is 5.41 Å². The fourth-order valence-electron chi connectivity index (χ4n) is 5.06. The summed E-state index contributed by atoms with van der Waals surface area (Å²) in [4.78, 5) is 9.31. The first kappa shape index (κ1) is 26.6. The number of nitriles is 1. The van der Waals surface area contributed by atoms with E-state index < -0.39 is 5.41 Å². The number of pyridine rings is 2. The summed E-state index contributed by atoms with van der Waals surface area (Å²) in [5.41, 5.74) is 1.19. The van der Waals surface area contributed by atoms with Gasteiger partial charge in [0.1, 0.15) is 11.6 Å². The monoisotopic (exact) mass is 512 g/mol. The summed E-state index contributed by atoms with van der Waals surface area (Å²) >= 11 is 6.54. The number of ether oxygens (including phenoxy) is 2. The number of aromatic nitrogens is 2. The summed E-state index contributed by atoms with van der Waals surface area (Å²) in [6.45, 7) is 4.68. The van der Waals surface area contributed by atoms with E-state index in [1.807, 2.05) is 24.3 Å². The van der Waals surface area contributed by atoms with Crippen LogP contribution in [0, 0.1) is 16.7 Å². The number of methoxy groups -OCH3 is 1. The molecule has 0 aromatic carbocycles. The van der Waals surface area contributed by atoms with Crippen LogP contribution in [0.15, 0.2) is 30.5 Å². The molecule has 0 amide bonds. The summed E-state index contributed by atoms with van der Waals surface area (Å²) < 4.78 is 10.7. The maximum Gasteiger partial charge on any atom is 0.126 e. The van der Waals surface area contributed by atoms with Crippen molar-refractivity contribution in [3.05, 3.63) is 35.5 Å². The minimum Gasteiger partial charge on any atom is -0.383 e. The highest BCUT2D eigenvalue weighted by atomic mass is 35.5. The molecule has 0 radical (unpaired) electrons. The molecule has 1 atom stereocenters. The Morgan fingerprint density at radius 2 is 1.94 bits per heavy atom. The van der Waals surface area contributed by atoms with E-state index in [1.54, 1.807) is 13.3 Å². The lowest BCUT2D eigenvalue weighted by Gasteiger charge is -2.32.